The van der Waals surface area contributed by atoms with Gasteiger partial charge in [-0.25, -0.2) is 0 Å². The molecule has 180 valence electrons. The third-order valence-corrected chi connectivity index (χ3v) is 10.2. The molecule has 0 bridgehead atoms. The first-order valence-corrected chi connectivity index (χ1v) is 13.4. The Morgan fingerprint density at radius 1 is 1.06 bits per heavy atom. The van der Waals surface area contributed by atoms with Crippen molar-refractivity contribution in [1.82, 2.24) is 0 Å². The summed E-state index contributed by atoms with van der Waals surface area (Å²) in [6, 6.07) is 9.12. The first kappa shape index (κ1) is 22.3. The lowest BCUT2D eigenvalue weighted by Gasteiger charge is -2.54. The van der Waals surface area contributed by atoms with Gasteiger partial charge in [-0.05, 0) is 105 Å². The van der Waals surface area contributed by atoms with Crippen LogP contribution in [0.5, 0.6) is 0 Å². The van der Waals surface area contributed by atoms with Crippen LogP contribution in [0.1, 0.15) is 83.1 Å². The molecule has 2 saturated carbocycles. The van der Waals surface area contributed by atoms with E-state index in [9.17, 15) is 14.7 Å². The van der Waals surface area contributed by atoms with Crippen LogP contribution in [0.15, 0.2) is 47.1 Å². The summed E-state index contributed by atoms with van der Waals surface area (Å²) in [6.07, 6.45) is 10.1. The summed E-state index contributed by atoms with van der Waals surface area (Å²) in [5, 5.41) is 11.7. The number of Topliss-reactive ketones (excluding diaryl/α,β-unsaturated/α-hetero) is 1. The van der Waals surface area contributed by atoms with Gasteiger partial charge in [0.15, 0.2) is 11.6 Å². The quantitative estimate of drug-likeness (QED) is 0.648. The van der Waals surface area contributed by atoms with Crippen molar-refractivity contribution < 1.29 is 14.7 Å². The molecule has 3 fully saturated rings. The molecular weight excluding hydrogens is 422 g/mol. The molecule has 4 nitrogen and oxygen atoms in total. The maximum absolute atomic E-state index is 12.8. The molecule has 0 radical (unpaired) electrons. The minimum Gasteiger partial charge on any atom is -0.382 e. The Labute approximate surface area is 203 Å². The zero-order chi connectivity index (χ0) is 23.7. The number of allylic oxidation sites excluding steroid dienone is 4. The van der Waals surface area contributed by atoms with Crippen LogP contribution >= 0.6 is 0 Å². The van der Waals surface area contributed by atoms with E-state index in [0.29, 0.717) is 24.7 Å². The minimum absolute atomic E-state index is 0.0728. The van der Waals surface area contributed by atoms with Gasteiger partial charge in [0.1, 0.15) is 5.60 Å². The van der Waals surface area contributed by atoms with Crippen molar-refractivity contribution in [3.63, 3.8) is 0 Å². The maximum atomic E-state index is 12.8. The van der Waals surface area contributed by atoms with E-state index in [0.717, 1.165) is 45.2 Å². The van der Waals surface area contributed by atoms with Gasteiger partial charge >= 0.3 is 0 Å². The summed E-state index contributed by atoms with van der Waals surface area (Å²) in [6.45, 7) is 6.03. The lowest BCUT2D eigenvalue weighted by Crippen LogP contribution is -2.55. The fourth-order valence-corrected chi connectivity index (χ4v) is 8.44. The summed E-state index contributed by atoms with van der Waals surface area (Å²) in [7, 11) is 0. The fraction of sp³-hybridized carbons (Fsp3) is 0.600. The second-order valence-corrected chi connectivity index (χ2v) is 11.7. The number of nitrogens with zero attached hydrogens (tertiary/aromatic N) is 1. The number of anilines is 1. The van der Waals surface area contributed by atoms with Gasteiger partial charge in [-0.1, -0.05) is 24.6 Å². The summed E-state index contributed by atoms with van der Waals surface area (Å²) in [5.74, 6) is 1.09. The zero-order valence-electron chi connectivity index (χ0n) is 20.6. The summed E-state index contributed by atoms with van der Waals surface area (Å²) in [5.41, 5.74) is 5.14. The smallest absolute Gasteiger partial charge is 0.161 e. The molecule has 1 aromatic carbocycles. The van der Waals surface area contributed by atoms with E-state index in [2.05, 4.69) is 36.1 Å². The van der Waals surface area contributed by atoms with Gasteiger partial charge in [-0.3, -0.25) is 9.59 Å². The van der Waals surface area contributed by atoms with Crippen molar-refractivity contribution in [3.8, 4) is 0 Å². The minimum atomic E-state index is -1.24. The van der Waals surface area contributed by atoms with Crippen LogP contribution in [0.4, 0.5) is 5.69 Å². The topological polar surface area (TPSA) is 57.6 Å². The Balaban J connectivity index is 1.47. The molecule has 34 heavy (non-hydrogen) atoms. The number of hydrogen-bond donors (Lipinski definition) is 1. The molecule has 0 aromatic heterocycles. The predicted octanol–water partition coefficient (Wildman–Crippen LogP) is 5.51. The molecular formula is C30H37NO3. The number of hydrogen-bond acceptors (Lipinski definition) is 4. The number of ketones is 2. The highest BCUT2D eigenvalue weighted by Gasteiger charge is 2.64. The molecule has 1 aromatic rings. The van der Waals surface area contributed by atoms with Crippen molar-refractivity contribution >= 4 is 17.3 Å². The van der Waals surface area contributed by atoms with Crippen molar-refractivity contribution in [2.75, 3.05) is 18.0 Å². The second-order valence-electron chi connectivity index (χ2n) is 11.7. The first-order valence-electron chi connectivity index (χ1n) is 13.4. The van der Waals surface area contributed by atoms with Gasteiger partial charge in [-0.2, -0.15) is 0 Å². The van der Waals surface area contributed by atoms with Crippen LogP contribution in [0.3, 0.4) is 0 Å². The van der Waals surface area contributed by atoms with Crippen molar-refractivity contribution in [2.45, 2.75) is 83.2 Å². The summed E-state index contributed by atoms with van der Waals surface area (Å²) >= 11 is 0. The number of fused-ring (bicyclic) bond motifs is 4. The molecule has 1 saturated heterocycles. The molecule has 5 aliphatic rings. The Morgan fingerprint density at radius 2 is 1.79 bits per heavy atom. The molecule has 6 rings (SSSR count). The highest BCUT2D eigenvalue weighted by Crippen LogP contribution is 2.66. The zero-order valence-corrected chi connectivity index (χ0v) is 20.6. The maximum Gasteiger partial charge on any atom is 0.161 e. The molecule has 4 aliphatic carbocycles. The molecule has 0 spiro atoms. The third-order valence-electron chi connectivity index (χ3n) is 10.2. The number of carbonyl (C=O) groups excluding carboxylic acids is 2. The number of aliphatic hydroxyl groups is 1. The van der Waals surface area contributed by atoms with Gasteiger partial charge in [0, 0.05) is 36.5 Å². The number of carbonyl (C=O) groups is 2. The first-order chi connectivity index (χ1) is 16.3. The molecule has 1 N–H and O–H groups in total. The normalized spacial score (nSPS) is 37.3. The van der Waals surface area contributed by atoms with Gasteiger partial charge in [0.25, 0.3) is 0 Å². The van der Waals surface area contributed by atoms with Crippen LogP contribution in [0, 0.1) is 17.3 Å². The van der Waals surface area contributed by atoms with Crippen molar-refractivity contribution in [2.24, 2.45) is 17.3 Å². The van der Waals surface area contributed by atoms with Gasteiger partial charge < -0.3 is 10.0 Å². The SMILES string of the molecule is CC(=O)[C@@]1(O)CC[C@H]2[C@@H]3CCC4=CC(=O)CCC4=C3[C@@H](c3ccc(N4CCCC4)cc3)C[C@@]21C. The molecule has 1 aliphatic heterocycles. The summed E-state index contributed by atoms with van der Waals surface area (Å²) in [4.78, 5) is 27.4. The lowest BCUT2D eigenvalue weighted by molar-refractivity contribution is -0.152. The highest BCUT2D eigenvalue weighted by atomic mass is 16.3. The Bertz CT molecular complexity index is 1090. The Morgan fingerprint density at radius 3 is 2.50 bits per heavy atom. The van der Waals surface area contributed by atoms with E-state index in [1.165, 1.54) is 40.8 Å². The molecule has 0 unspecified atom stereocenters. The van der Waals surface area contributed by atoms with Crippen LogP contribution in [-0.2, 0) is 9.59 Å². The highest BCUT2D eigenvalue weighted by molar-refractivity contribution is 5.93. The molecule has 4 heteroatoms. The van der Waals surface area contributed by atoms with Gasteiger partial charge in [-0.15, -0.1) is 0 Å². The van der Waals surface area contributed by atoms with Crippen LogP contribution in [-0.4, -0.2) is 35.4 Å². The van der Waals surface area contributed by atoms with Crippen molar-refractivity contribution in [1.29, 1.82) is 0 Å². The van der Waals surface area contributed by atoms with E-state index in [-0.39, 0.29) is 17.5 Å². The average Bonchev–Trinajstić information content (AvgIpc) is 3.46. The van der Waals surface area contributed by atoms with Gasteiger partial charge in [0.05, 0.1) is 0 Å². The van der Waals surface area contributed by atoms with E-state index in [4.69, 9.17) is 0 Å². The van der Waals surface area contributed by atoms with Crippen LogP contribution < -0.4 is 4.90 Å². The van der Waals surface area contributed by atoms with Crippen molar-refractivity contribution in [3.05, 3.63) is 52.6 Å². The van der Waals surface area contributed by atoms with Crippen LogP contribution in [0.2, 0.25) is 0 Å². The Kier molecular flexibility index (Phi) is 5.18. The molecule has 1 heterocycles. The Hall–Kier alpha value is -2.20. The summed E-state index contributed by atoms with van der Waals surface area (Å²) < 4.78 is 0. The van der Waals surface area contributed by atoms with E-state index < -0.39 is 11.0 Å². The second kappa shape index (κ2) is 7.91. The van der Waals surface area contributed by atoms with Crippen LogP contribution in [0.25, 0.3) is 0 Å². The molecule has 0 amide bonds. The average molecular weight is 460 g/mol. The van der Waals surface area contributed by atoms with Gasteiger partial charge in [0.2, 0.25) is 0 Å². The standard InChI is InChI=1S/C30H37NO3/c1-19(32)30(34)14-13-27-25-11-7-21-17-23(33)10-12-24(21)28(25)26(18-29(27,30)2)20-5-8-22(9-6-20)31-15-3-4-16-31/h5-6,8-9,17,25-27,34H,3-4,7,10-16,18H2,1-2H3/t25-,26+,27-,29-,30-/m0/s1. The third kappa shape index (κ3) is 3.13. The monoisotopic (exact) mass is 459 g/mol. The lowest BCUT2D eigenvalue weighted by atomic mass is 9.51. The van der Waals surface area contributed by atoms with E-state index >= 15 is 0 Å². The largest absolute Gasteiger partial charge is 0.382 e. The van der Waals surface area contributed by atoms with E-state index in [1.54, 1.807) is 6.92 Å². The molecule has 5 atom stereocenters. The van der Waals surface area contributed by atoms with E-state index in [1.807, 2.05) is 6.08 Å². The fourth-order valence-electron chi connectivity index (χ4n) is 8.44. The predicted molar refractivity (Wildman–Crippen MR) is 134 cm³/mol. The number of rotatable bonds is 3. The number of benzene rings is 1.